The van der Waals surface area contributed by atoms with Gasteiger partial charge in [-0.1, -0.05) is 109 Å². The van der Waals surface area contributed by atoms with Crippen molar-refractivity contribution >= 4 is 5.78 Å². The Balaban J connectivity index is 2.08. The van der Waals surface area contributed by atoms with Crippen molar-refractivity contribution in [2.45, 2.75) is 135 Å². The lowest BCUT2D eigenvalue weighted by molar-refractivity contribution is -0.119. The molecule has 0 atom stereocenters. The zero-order chi connectivity index (χ0) is 16.4. The third-order valence-corrected chi connectivity index (χ3v) is 5.41. The second kappa shape index (κ2) is 16.5. The first-order valence-corrected chi connectivity index (χ1v) is 10.9. The van der Waals surface area contributed by atoms with Crippen LogP contribution < -0.4 is 0 Å². The predicted octanol–water partition coefficient (Wildman–Crippen LogP) is 7.76. The Kier molecular flexibility index (Phi) is 14.9. The minimum Gasteiger partial charge on any atom is -0.300 e. The Labute approximate surface area is 146 Å². The molecular formula is C22H42O. The van der Waals surface area contributed by atoms with E-state index in [9.17, 15) is 4.79 Å². The molecule has 0 aromatic rings. The fraction of sp³-hybridized carbons (Fsp3) is 0.955. The summed E-state index contributed by atoms with van der Waals surface area (Å²) in [5.74, 6) is 0.521. The normalized spacial score (nSPS) is 23.6. The fourth-order valence-corrected chi connectivity index (χ4v) is 3.77. The van der Waals surface area contributed by atoms with Gasteiger partial charge in [-0.3, -0.25) is 4.79 Å². The summed E-state index contributed by atoms with van der Waals surface area (Å²) < 4.78 is 0. The second-order valence-corrected chi connectivity index (χ2v) is 7.76. The molecule has 1 aliphatic rings. The number of carbonyl (C=O) groups excluding carboxylic acids is 1. The zero-order valence-electron chi connectivity index (χ0n) is 15.8. The molecular weight excluding hydrogens is 280 g/mol. The van der Waals surface area contributed by atoms with E-state index in [1.165, 1.54) is 109 Å². The van der Waals surface area contributed by atoms with Crippen molar-refractivity contribution in [1.29, 1.82) is 0 Å². The molecule has 136 valence electrons. The topological polar surface area (TPSA) is 17.1 Å². The van der Waals surface area contributed by atoms with E-state index in [4.69, 9.17) is 0 Å². The van der Waals surface area contributed by atoms with Gasteiger partial charge in [0.2, 0.25) is 0 Å². The van der Waals surface area contributed by atoms with Crippen LogP contribution in [-0.2, 0) is 4.79 Å². The monoisotopic (exact) mass is 322 g/mol. The molecule has 0 unspecified atom stereocenters. The molecule has 1 heteroatoms. The van der Waals surface area contributed by atoms with Crippen LogP contribution >= 0.6 is 0 Å². The molecule has 0 radical (unpaired) electrons. The molecule has 0 aromatic heterocycles. The van der Waals surface area contributed by atoms with Crippen molar-refractivity contribution in [2.24, 2.45) is 0 Å². The molecule has 1 nitrogen and oxygen atoms in total. The van der Waals surface area contributed by atoms with E-state index in [0.717, 1.165) is 25.7 Å². The smallest absolute Gasteiger partial charge is 0.132 e. The van der Waals surface area contributed by atoms with Crippen LogP contribution in [0.2, 0.25) is 0 Å². The Morgan fingerprint density at radius 3 is 0.696 bits per heavy atom. The molecule has 0 bridgehead atoms. The van der Waals surface area contributed by atoms with Crippen LogP contribution in [0.4, 0.5) is 0 Å². The van der Waals surface area contributed by atoms with Gasteiger partial charge in [-0.05, 0) is 12.8 Å². The van der Waals surface area contributed by atoms with Crippen LogP contribution in [0.25, 0.3) is 0 Å². The van der Waals surface area contributed by atoms with Crippen LogP contribution in [0.1, 0.15) is 135 Å². The standard InChI is InChI=1S/C22H42O/c23-22-20-18-16-14-12-10-8-6-4-2-1-3-5-7-9-11-13-15-17-19-21-22/h1-21H2. The second-order valence-electron chi connectivity index (χ2n) is 7.76. The van der Waals surface area contributed by atoms with E-state index in [0.29, 0.717) is 5.78 Å². The maximum absolute atomic E-state index is 11.8. The number of Topliss-reactive ketones (excluding diaryl/α,β-unsaturated/α-hetero) is 1. The van der Waals surface area contributed by atoms with Gasteiger partial charge in [0.15, 0.2) is 0 Å². The summed E-state index contributed by atoms with van der Waals surface area (Å²) in [5, 5.41) is 0. The van der Waals surface area contributed by atoms with E-state index in [1.807, 2.05) is 0 Å². The molecule has 0 spiro atoms. The molecule has 1 fully saturated rings. The van der Waals surface area contributed by atoms with E-state index < -0.39 is 0 Å². The number of rotatable bonds is 0. The quantitative estimate of drug-likeness (QED) is 0.445. The van der Waals surface area contributed by atoms with E-state index in [1.54, 1.807) is 0 Å². The number of hydrogen-bond acceptors (Lipinski definition) is 1. The van der Waals surface area contributed by atoms with Gasteiger partial charge in [0.1, 0.15) is 5.78 Å². The van der Waals surface area contributed by atoms with E-state index in [-0.39, 0.29) is 0 Å². The van der Waals surface area contributed by atoms with Gasteiger partial charge in [0, 0.05) is 12.8 Å². The minimum absolute atomic E-state index is 0.521. The Hall–Kier alpha value is -0.330. The lowest BCUT2D eigenvalue weighted by Gasteiger charge is -2.05. The SMILES string of the molecule is O=C1CCCCCCCCCCCCCCCCCCCCC1. The van der Waals surface area contributed by atoms with Crippen LogP contribution in [0, 0.1) is 0 Å². The number of carbonyl (C=O) groups is 1. The first-order valence-electron chi connectivity index (χ1n) is 10.9. The van der Waals surface area contributed by atoms with Crippen LogP contribution in [0.15, 0.2) is 0 Å². The average molecular weight is 323 g/mol. The minimum atomic E-state index is 0.521. The summed E-state index contributed by atoms with van der Waals surface area (Å²) in [6.07, 6.45) is 27.8. The van der Waals surface area contributed by atoms with Crippen LogP contribution in [0.5, 0.6) is 0 Å². The van der Waals surface area contributed by atoms with Crippen molar-refractivity contribution in [2.75, 3.05) is 0 Å². The first kappa shape index (κ1) is 20.7. The highest BCUT2D eigenvalue weighted by molar-refractivity contribution is 5.78. The molecule has 23 heavy (non-hydrogen) atoms. The van der Waals surface area contributed by atoms with Gasteiger partial charge in [0.05, 0.1) is 0 Å². The summed E-state index contributed by atoms with van der Waals surface area (Å²) in [5.41, 5.74) is 0. The summed E-state index contributed by atoms with van der Waals surface area (Å²) in [4.78, 5) is 11.8. The van der Waals surface area contributed by atoms with Gasteiger partial charge in [-0.15, -0.1) is 0 Å². The summed E-state index contributed by atoms with van der Waals surface area (Å²) in [6, 6.07) is 0. The van der Waals surface area contributed by atoms with Gasteiger partial charge < -0.3 is 0 Å². The maximum Gasteiger partial charge on any atom is 0.132 e. The lowest BCUT2D eigenvalue weighted by Crippen LogP contribution is -1.97. The molecule has 0 amide bonds. The maximum atomic E-state index is 11.8. The van der Waals surface area contributed by atoms with E-state index in [2.05, 4.69) is 0 Å². The third kappa shape index (κ3) is 15.0. The van der Waals surface area contributed by atoms with Crippen LogP contribution in [-0.4, -0.2) is 5.78 Å². The zero-order valence-corrected chi connectivity index (χ0v) is 15.8. The third-order valence-electron chi connectivity index (χ3n) is 5.41. The molecule has 0 saturated heterocycles. The molecule has 0 N–H and O–H groups in total. The predicted molar refractivity (Wildman–Crippen MR) is 102 cm³/mol. The van der Waals surface area contributed by atoms with Crippen molar-refractivity contribution in [1.82, 2.24) is 0 Å². The highest BCUT2D eigenvalue weighted by atomic mass is 16.1. The number of ketones is 1. The van der Waals surface area contributed by atoms with E-state index >= 15 is 0 Å². The highest BCUT2D eigenvalue weighted by Crippen LogP contribution is 2.16. The number of hydrogen-bond donors (Lipinski definition) is 0. The fourth-order valence-electron chi connectivity index (χ4n) is 3.77. The van der Waals surface area contributed by atoms with Crippen molar-refractivity contribution < 1.29 is 4.79 Å². The highest BCUT2D eigenvalue weighted by Gasteiger charge is 2.02. The summed E-state index contributed by atoms with van der Waals surface area (Å²) in [7, 11) is 0. The Morgan fingerprint density at radius 1 is 0.304 bits per heavy atom. The van der Waals surface area contributed by atoms with Crippen molar-refractivity contribution in [3.8, 4) is 0 Å². The Bertz CT molecular complexity index is 235. The molecule has 1 saturated carbocycles. The van der Waals surface area contributed by atoms with Gasteiger partial charge in [-0.25, -0.2) is 0 Å². The lowest BCUT2D eigenvalue weighted by atomic mass is 10.0. The average Bonchev–Trinajstić information content (AvgIpc) is 2.55. The van der Waals surface area contributed by atoms with Gasteiger partial charge in [-0.2, -0.15) is 0 Å². The first-order chi connectivity index (χ1) is 11.4. The molecule has 1 aliphatic carbocycles. The molecule has 0 aromatic carbocycles. The largest absolute Gasteiger partial charge is 0.300 e. The van der Waals surface area contributed by atoms with Gasteiger partial charge in [0.25, 0.3) is 0 Å². The molecule has 0 aliphatic heterocycles. The Morgan fingerprint density at radius 2 is 0.478 bits per heavy atom. The summed E-state index contributed by atoms with van der Waals surface area (Å²) in [6.45, 7) is 0. The van der Waals surface area contributed by atoms with Crippen LogP contribution in [0.3, 0.4) is 0 Å². The molecule has 0 heterocycles. The van der Waals surface area contributed by atoms with Crippen molar-refractivity contribution in [3.05, 3.63) is 0 Å². The summed E-state index contributed by atoms with van der Waals surface area (Å²) >= 11 is 0. The van der Waals surface area contributed by atoms with Gasteiger partial charge >= 0.3 is 0 Å². The molecule has 1 rings (SSSR count). The van der Waals surface area contributed by atoms with Crippen molar-refractivity contribution in [3.63, 3.8) is 0 Å².